The number of ether oxygens (including phenoxy) is 1. The molecule has 0 atom stereocenters. The maximum Gasteiger partial charge on any atom is 0.335 e. The number of aromatic nitrogens is 3. The molecule has 0 spiro atoms. The average Bonchev–Trinajstić information content (AvgIpc) is 3.18. The van der Waals surface area contributed by atoms with Gasteiger partial charge < -0.3 is 14.4 Å². The molecule has 7 nitrogen and oxygen atoms in total. The van der Waals surface area contributed by atoms with E-state index in [9.17, 15) is 14.3 Å². The minimum Gasteiger partial charge on any atom is -0.478 e. The normalized spacial score (nSPS) is 14.9. The summed E-state index contributed by atoms with van der Waals surface area (Å²) in [5, 5.41) is 9.27. The second-order valence-electron chi connectivity index (χ2n) is 8.93. The third-order valence-corrected chi connectivity index (χ3v) is 6.67. The lowest BCUT2D eigenvalue weighted by atomic mass is 9.93. The van der Waals surface area contributed by atoms with Crippen molar-refractivity contribution in [3.63, 3.8) is 0 Å². The molecule has 3 heterocycles. The zero-order chi connectivity index (χ0) is 24.4. The molecule has 0 aliphatic carbocycles. The first kappa shape index (κ1) is 23.0. The lowest BCUT2D eigenvalue weighted by Crippen LogP contribution is -2.33. The SMILES string of the molecule is Cn1c(CN2CCC(c3cccc(OCc4ccccc4F)n3)CC2)nc2ccc(C(=O)O)cc21. The number of nitrogens with zero attached hydrogens (tertiary/aromatic N) is 4. The van der Waals surface area contributed by atoms with Crippen LogP contribution in [0.1, 0.15) is 46.2 Å². The fourth-order valence-corrected chi connectivity index (χ4v) is 4.61. The lowest BCUT2D eigenvalue weighted by molar-refractivity contribution is 0.0697. The minimum absolute atomic E-state index is 0.146. The fourth-order valence-electron chi connectivity index (χ4n) is 4.61. The third kappa shape index (κ3) is 5.02. The van der Waals surface area contributed by atoms with Crippen LogP contribution in [0.5, 0.6) is 5.88 Å². The number of rotatable bonds is 7. The Labute approximate surface area is 202 Å². The molecule has 1 fully saturated rings. The highest BCUT2D eigenvalue weighted by Crippen LogP contribution is 2.29. The summed E-state index contributed by atoms with van der Waals surface area (Å²) in [4.78, 5) is 23.1. The second kappa shape index (κ2) is 9.84. The highest BCUT2D eigenvalue weighted by Gasteiger charge is 2.23. The van der Waals surface area contributed by atoms with Crippen molar-refractivity contribution < 1.29 is 19.0 Å². The lowest BCUT2D eigenvalue weighted by Gasteiger charge is -2.31. The Kier molecular flexibility index (Phi) is 6.46. The Morgan fingerprint density at radius 3 is 2.66 bits per heavy atom. The number of imidazole rings is 1. The van der Waals surface area contributed by atoms with Crippen LogP contribution in [0.3, 0.4) is 0 Å². The Balaban J connectivity index is 1.20. The monoisotopic (exact) mass is 474 g/mol. The van der Waals surface area contributed by atoms with Gasteiger partial charge in [-0.05, 0) is 56.3 Å². The van der Waals surface area contributed by atoms with Crippen molar-refractivity contribution >= 4 is 17.0 Å². The van der Waals surface area contributed by atoms with E-state index in [1.165, 1.54) is 6.07 Å². The first-order valence-corrected chi connectivity index (χ1v) is 11.7. The summed E-state index contributed by atoms with van der Waals surface area (Å²) in [6.45, 7) is 2.68. The molecule has 0 unspecified atom stereocenters. The fraction of sp³-hybridized carbons (Fsp3) is 0.296. The zero-order valence-corrected chi connectivity index (χ0v) is 19.5. The van der Waals surface area contributed by atoms with Crippen molar-refractivity contribution in [1.82, 2.24) is 19.4 Å². The Bertz CT molecular complexity index is 1360. The molecule has 2 aromatic carbocycles. The molecule has 0 saturated carbocycles. The van der Waals surface area contributed by atoms with Gasteiger partial charge in [-0.15, -0.1) is 0 Å². The van der Waals surface area contributed by atoms with Gasteiger partial charge in [0.25, 0.3) is 0 Å². The number of carbonyl (C=O) groups is 1. The van der Waals surface area contributed by atoms with E-state index < -0.39 is 5.97 Å². The second-order valence-corrected chi connectivity index (χ2v) is 8.93. The summed E-state index contributed by atoms with van der Waals surface area (Å²) in [6, 6.07) is 17.4. The number of likely N-dealkylation sites (tertiary alicyclic amines) is 1. The summed E-state index contributed by atoms with van der Waals surface area (Å²) in [6.07, 6.45) is 1.94. The number of aromatic carboxylic acids is 1. The van der Waals surface area contributed by atoms with Crippen LogP contribution < -0.4 is 4.74 Å². The van der Waals surface area contributed by atoms with Crippen LogP contribution in [0.15, 0.2) is 60.7 Å². The first-order chi connectivity index (χ1) is 17.0. The Hall–Kier alpha value is -3.78. The molecular formula is C27H27FN4O3. The van der Waals surface area contributed by atoms with Gasteiger partial charge in [0.05, 0.1) is 23.1 Å². The van der Waals surface area contributed by atoms with Crippen molar-refractivity contribution in [3.8, 4) is 5.88 Å². The number of piperidine rings is 1. The van der Waals surface area contributed by atoms with Gasteiger partial charge in [-0.1, -0.05) is 24.3 Å². The van der Waals surface area contributed by atoms with Gasteiger partial charge in [0.15, 0.2) is 0 Å². The highest BCUT2D eigenvalue weighted by molar-refractivity contribution is 5.92. The summed E-state index contributed by atoms with van der Waals surface area (Å²) < 4.78 is 21.6. The van der Waals surface area contributed by atoms with Crippen molar-refractivity contribution in [2.75, 3.05) is 13.1 Å². The predicted molar refractivity (Wildman–Crippen MR) is 130 cm³/mol. The van der Waals surface area contributed by atoms with E-state index in [0.717, 1.165) is 48.5 Å². The van der Waals surface area contributed by atoms with Gasteiger partial charge in [-0.3, -0.25) is 4.90 Å². The summed E-state index contributed by atoms with van der Waals surface area (Å²) >= 11 is 0. The van der Waals surface area contributed by atoms with Crippen LogP contribution in [0.4, 0.5) is 4.39 Å². The van der Waals surface area contributed by atoms with Gasteiger partial charge in [-0.2, -0.15) is 0 Å². The number of fused-ring (bicyclic) bond motifs is 1. The number of benzene rings is 2. The van der Waals surface area contributed by atoms with Gasteiger partial charge in [0.2, 0.25) is 5.88 Å². The molecule has 4 aromatic rings. The first-order valence-electron chi connectivity index (χ1n) is 11.7. The molecule has 5 rings (SSSR count). The number of carboxylic acids is 1. The minimum atomic E-state index is -0.938. The van der Waals surface area contributed by atoms with E-state index in [0.29, 0.717) is 23.9 Å². The molecule has 8 heteroatoms. The topological polar surface area (TPSA) is 80.5 Å². The van der Waals surface area contributed by atoms with E-state index >= 15 is 0 Å². The van der Waals surface area contributed by atoms with Gasteiger partial charge in [0.1, 0.15) is 18.2 Å². The Morgan fingerprint density at radius 2 is 1.89 bits per heavy atom. The van der Waals surface area contributed by atoms with Crippen LogP contribution >= 0.6 is 0 Å². The van der Waals surface area contributed by atoms with E-state index in [2.05, 4.69) is 9.88 Å². The van der Waals surface area contributed by atoms with E-state index in [-0.39, 0.29) is 18.0 Å². The molecule has 1 aliphatic heterocycles. The number of pyridine rings is 1. The standard InChI is InChI=1S/C27H27FN4O3/c1-31-24-15-19(27(33)34)9-10-23(24)29-25(31)16-32-13-11-18(12-14-32)22-7-4-8-26(30-22)35-17-20-5-2-3-6-21(20)28/h2-10,15,18H,11-14,16-17H2,1H3,(H,33,34). The van der Waals surface area contributed by atoms with E-state index in [4.69, 9.17) is 9.72 Å². The largest absolute Gasteiger partial charge is 0.478 e. The number of halogens is 1. The number of carboxylic acid groups (broad SMARTS) is 1. The van der Waals surface area contributed by atoms with Crippen molar-refractivity contribution in [2.45, 2.75) is 31.9 Å². The van der Waals surface area contributed by atoms with Gasteiger partial charge in [-0.25, -0.2) is 19.2 Å². The molecule has 1 aliphatic rings. The third-order valence-electron chi connectivity index (χ3n) is 6.67. The quantitative estimate of drug-likeness (QED) is 0.416. The molecule has 2 aromatic heterocycles. The molecule has 0 bridgehead atoms. The number of hydrogen-bond acceptors (Lipinski definition) is 5. The molecule has 0 radical (unpaired) electrons. The summed E-state index contributed by atoms with van der Waals surface area (Å²) in [5.41, 5.74) is 3.40. The molecule has 1 saturated heterocycles. The average molecular weight is 475 g/mol. The molecule has 0 amide bonds. The van der Waals surface area contributed by atoms with Crippen LogP contribution in [-0.4, -0.2) is 43.6 Å². The summed E-state index contributed by atoms with van der Waals surface area (Å²) in [5.74, 6) is 0.545. The highest BCUT2D eigenvalue weighted by atomic mass is 19.1. The molecular weight excluding hydrogens is 447 g/mol. The smallest absolute Gasteiger partial charge is 0.335 e. The van der Waals surface area contributed by atoms with Crippen LogP contribution in [0, 0.1) is 5.82 Å². The molecule has 1 N–H and O–H groups in total. The van der Waals surface area contributed by atoms with Crippen molar-refractivity contribution in [3.05, 3.63) is 89.1 Å². The summed E-state index contributed by atoms with van der Waals surface area (Å²) in [7, 11) is 1.93. The Morgan fingerprint density at radius 1 is 1.09 bits per heavy atom. The van der Waals surface area contributed by atoms with Gasteiger partial charge >= 0.3 is 5.97 Å². The van der Waals surface area contributed by atoms with Crippen molar-refractivity contribution in [1.29, 1.82) is 0 Å². The van der Waals surface area contributed by atoms with Crippen molar-refractivity contribution in [2.24, 2.45) is 7.05 Å². The van der Waals surface area contributed by atoms with Crippen LogP contribution in [0.2, 0.25) is 0 Å². The van der Waals surface area contributed by atoms with E-state index in [1.807, 2.05) is 23.7 Å². The van der Waals surface area contributed by atoms with E-state index in [1.54, 1.807) is 42.5 Å². The predicted octanol–water partition coefficient (Wildman–Crippen LogP) is 4.76. The number of aryl methyl sites for hydroxylation is 1. The maximum atomic E-state index is 13.9. The van der Waals surface area contributed by atoms with Crippen LogP contribution in [-0.2, 0) is 20.2 Å². The molecule has 180 valence electrons. The van der Waals surface area contributed by atoms with Crippen LogP contribution in [0.25, 0.3) is 11.0 Å². The molecule has 35 heavy (non-hydrogen) atoms. The number of hydrogen-bond donors (Lipinski definition) is 1. The zero-order valence-electron chi connectivity index (χ0n) is 19.5. The van der Waals surface area contributed by atoms with Gasteiger partial charge in [0, 0.05) is 30.3 Å². The maximum absolute atomic E-state index is 13.9.